The summed E-state index contributed by atoms with van der Waals surface area (Å²) in [6.07, 6.45) is 4.87. The number of halogens is 3. The minimum Gasteiger partial charge on any atom is -0.364 e. The van der Waals surface area contributed by atoms with Gasteiger partial charge in [0.25, 0.3) is 0 Å². The number of nitrogens with zero attached hydrogens (tertiary/aromatic N) is 1. The van der Waals surface area contributed by atoms with E-state index in [1.54, 1.807) is 0 Å². The first-order valence-corrected chi connectivity index (χ1v) is 13.4. The number of amides is 1. The highest BCUT2D eigenvalue weighted by atomic mass is 35.5. The van der Waals surface area contributed by atoms with Gasteiger partial charge in [-0.05, 0) is 85.5 Å². The Morgan fingerprint density at radius 2 is 1.63 bits per heavy atom. The summed E-state index contributed by atoms with van der Waals surface area (Å²) in [7, 11) is 0. The van der Waals surface area contributed by atoms with Crippen molar-refractivity contribution in [3.05, 3.63) is 99.0 Å². The molecule has 1 aliphatic carbocycles. The fourth-order valence-corrected chi connectivity index (χ4v) is 6.04. The summed E-state index contributed by atoms with van der Waals surface area (Å²) in [6, 6.07) is 24.1. The van der Waals surface area contributed by atoms with Crippen molar-refractivity contribution < 1.29 is 4.79 Å². The summed E-state index contributed by atoms with van der Waals surface area (Å²) < 4.78 is 0. The lowest BCUT2D eigenvalue weighted by Crippen LogP contribution is -2.40. The molecule has 0 aromatic heterocycles. The van der Waals surface area contributed by atoms with Gasteiger partial charge in [0, 0.05) is 33.8 Å². The Kier molecular flexibility index (Phi) is 7.29. The molecule has 1 N–H and O–H groups in total. The Bertz CT molecular complexity index is 1180. The molecule has 2 fully saturated rings. The highest BCUT2D eigenvalue weighted by Crippen LogP contribution is 2.48. The van der Waals surface area contributed by atoms with Crippen LogP contribution in [0.3, 0.4) is 0 Å². The lowest BCUT2D eigenvalue weighted by atomic mass is 9.86. The van der Waals surface area contributed by atoms with Crippen LogP contribution >= 0.6 is 34.8 Å². The van der Waals surface area contributed by atoms with Gasteiger partial charge in [0.1, 0.15) is 0 Å². The van der Waals surface area contributed by atoms with E-state index in [2.05, 4.69) is 34.5 Å². The van der Waals surface area contributed by atoms with E-state index in [9.17, 15) is 4.79 Å². The van der Waals surface area contributed by atoms with Crippen molar-refractivity contribution in [3.8, 4) is 0 Å². The van der Waals surface area contributed by atoms with Gasteiger partial charge in [0.2, 0.25) is 5.91 Å². The summed E-state index contributed by atoms with van der Waals surface area (Å²) in [6.45, 7) is 1.59. The maximum Gasteiger partial charge on any atom is 0.230 e. The standard InChI is InChI=1S/C29H29Cl3N2O/c30-22-7-10-24(11-8-22)34-19-20(6-13-27(34)25-12-9-23(31)18-26(25)32)14-17-33-28(35)29(15-16-29)21-4-2-1-3-5-21/h1-5,7-12,18,20,27H,6,13-17,19H2,(H,33,35)/t20-,27-/m0/s1. The molecule has 1 saturated carbocycles. The monoisotopic (exact) mass is 526 g/mol. The van der Waals surface area contributed by atoms with Crippen LogP contribution in [0, 0.1) is 5.92 Å². The van der Waals surface area contributed by atoms with Crippen molar-refractivity contribution in [2.75, 3.05) is 18.0 Å². The summed E-state index contributed by atoms with van der Waals surface area (Å²) in [5.41, 5.74) is 3.03. The van der Waals surface area contributed by atoms with Crippen molar-refractivity contribution in [2.24, 2.45) is 5.92 Å². The van der Waals surface area contributed by atoms with Crippen molar-refractivity contribution in [3.63, 3.8) is 0 Å². The fraction of sp³-hybridized carbons (Fsp3) is 0.345. The number of nitrogens with one attached hydrogen (secondary N) is 1. The molecule has 0 spiro atoms. The topological polar surface area (TPSA) is 32.3 Å². The number of hydrogen-bond donors (Lipinski definition) is 1. The number of piperidine rings is 1. The second-order valence-corrected chi connectivity index (χ2v) is 11.0. The average molecular weight is 528 g/mol. The van der Waals surface area contributed by atoms with Crippen LogP contribution < -0.4 is 10.2 Å². The molecule has 5 rings (SSSR count). The fourth-order valence-electron chi connectivity index (χ4n) is 5.38. The summed E-state index contributed by atoms with van der Waals surface area (Å²) in [4.78, 5) is 15.5. The first-order valence-electron chi connectivity index (χ1n) is 12.3. The highest BCUT2D eigenvalue weighted by Gasteiger charge is 2.50. The van der Waals surface area contributed by atoms with Crippen LogP contribution in [0.1, 0.15) is 49.3 Å². The van der Waals surface area contributed by atoms with E-state index in [4.69, 9.17) is 34.8 Å². The average Bonchev–Trinajstić information content (AvgIpc) is 3.68. The van der Waals surface area contributed by atoms with Crippen LogP contribution in [0.5, 0.6) is 0 Å². The zero-order valence-corrected chi connectivity index (χ0v) is 21.8. The van der Waals surface area contributed by atoms with Crippen LogP contribution in [0.2, 0.25) is 15.1 Å². The molecule has 6 heteroatoms. The van der Waals surface area contributed by atoms with E-state index in [-0.39, 0.29) is 17.4 Å². The van der Waals surface area contributed by atoms with Gasteiger partial charge in [0.05, 0.1) is 11.5 Å². The Labute approximate surface area is 222 Å². The lowest BCUT2D eigenvalue weighted by molar-refractivity contribution is -0.123. The number of anilines is 1. The molecule has 1 amide bonds. The third kappa shape index (κ3) is 5.33. The van der Waals surface area contributed by atoms with Gasteiger partial charge in [0.15, 0.2) is 0 Å². The molecule has 0 unspecified atom stereocenters. The summed E-state index contributed by atoms with van der Waals surface area (Å²) in [5, 5.41) is 5.30. The van der Waals surface area contributed by atoms with Crippen molar-refractivity contribution >= 4 is 46.4 Å². The van der Waals surface area contributed by atoms with Gasteiger partial charge in [-0.2, -0.15) is 0 Å². The van der Waals surface area contributed by atoms with Gasteiger partial charge in [-0.25, -0.2) is 0 Å². The van der Waals surface area contributed by atoms with Gasteiger partial charge in [-0.1, -0.05) is 71.2 Å². The lowest BCUT2D eigenvalue weighted by Gasteiger charge is -2.42. The van der Waals surface area contributed by atoms with E-state index in [1.165, 1.54) is 0 Å². The second-order valence-electron chi connectivity index (χ2n) is 9.75. The molecule has 35 heavy (non-hydrogen) atoms. The molecule has 0 bridgehead atoms. The van der Waals surface area contributed by atoms with Crippen LogP contribution in [-0.2, 0) is 10.2 Å². The van der Waals surface area contributed by atoms with Gasteiger partial charge in [-0.15, -0.1) is 0 Å². The number of benzene rings is 3. The van der Waals surface area contributed by atoms with E-state index < -0.39 is 0 Å². The molecule has 2 atom stereocenters. The smallest absolute Gasteiger partial charge is 0.230 e. The zero-order chi connectivity index (χ0) is 24.4. The van der Waals surface area contributed by atoms with E-state index >= 15 is 0 Å². The van der Waals surface area contributed by atoms with E-state index in [0.29, 0.717) is 22.5 Å². The quantitative estimate of drug-likeness (QED) is 0.339. The molecule has 0 radical (unpaired) electrons. The summed E-state index contributed by atoms with van der Waals surface area (Å²) in [5.74, 6) is 0.639. The normalized spacial score (nSPS) is 20.9. The first-order chi connectivity index (χ1) is 17.0. The van der Waals surface area contributed by atoms with E-state index in [1.807, 2.05) is 48.5 Å². The molecule has 2 aliphatic rings. The largest absolute Gasteiger partial charge is 0.364 e. The molecule has 1 heterocycles. The Morgan fingerprint density at radius 3 is 2.31 bits per heavy atom. The highest BCUT2D eigenvalue weighted by molar-refractivity contribution is 6.35. The SMILES string of the molecule is O=C(NCC[C@@H]1CC[C@@H](c2ccc(Cl)cc2Cl)N(c2ccc(Cl)cc2)C1)C1(c2ccccc2)CC1. The molecule has 3 aromatic carbocycles. The Morgan fingerprint density at radius 1 is 0.914 bits per heavy atom. The van der Waals surface area contributed by atoms with E-state index in [0.717, 1.165) is 60.5 Å². The molecular formula is C29H29Cl3N2O. The molecule has 3 nitrogen and oxygen atoms in total. The third-order valence-corrected chi connectivity index (χ3v) is 8.32. The minimum absolute atomic E-state index is 0.166. The number of carbonyl (C=O) groups excluding carboxylic acids is 1. The van der Waals surface area contributed by atoms with Crippen LogP contribution in [0.4, 0.5) is 5.69 Å². The summed E-state index contributed by atoms with van der Waals surface area (Å²) >= 11 is 18.9. The van der Waals surface area contributed by atoms with Gasteiger partial charge >= 0.3 is 0 Å². The van der Waals surface area contributed by atoms with Crippen molar-refractivity contribution in [2.45, 2.75) is 43.6 Å². The number of hydrogen-bond acceptors (Lipinski definition) is 2. The van der Waals surface area contributed by atoms with Gasteiger partial charge in [-0.3, -0.25) is 4.79 Å². The third-order valence-electron chi connectivity index (χ3n) is 7.51. The predicted octanol–water partition coefficient (Wildman–Crippen LogP) is 7.84. The molecule has 1 aliphatic heterocycles. The van der Waals surface area contributed by atoms with Crippen LogP contribution in [0.15, 0.2) is 72.8 Å². The van der Waals surface area contributed by atoms with Crippen molar-refractivity contribution in [1.82, 2.24) is 5.32 Å². The van der Waals surface area contributed by atoms with Gasteiger partial charge < -0.3 is 10.2 Å². The molecule has 182 valence electrons. The first kappa shape index (κ1) is 24.5. The minimum atomic E-state index is -0.320. The maximum absolute atomic E-state index is 13.0. The van der Waals surface area contributed by atoms with Crippen molar-refractivity contribution in [1.29, 1.82) is 0 Å². The Hall–Kier alpha value is -2.20. The Balaban J connectivity index is 1.26. The zero-order valence-electron chi connectivity index (χ0n) is 19.5. The number of carbonyl (C=O) groups is 1. The number of rotatable bonds is 7. The maximum atomic E-state index is 13.0. The predicted molar refractivity (Wildman–Crippen MR) is 146 cm³/mol. The second kappa shape index (κ2) is 10.4. The molecule has 1 saturated heterocycles. The molecular weight excluding hydrogens is 499 g/mol. The van der Waals surface area contributed by atoms with Crippen LogP contribution in [-0.4, -0.2) is 19.0 Å². The van der Waals surface area contributed by atoms with Crippen LogP contribution in [0.25, 0.3) is 0 Å². The molecule has 3 aromatic rings.